The summed E-state index contributed by atoms with van der Waals surface area (Å²) in [4.78, 5) is 0. The predicted molar refractivity (Wildman–Crippen MR) is 48.4 cm³/mol. The van der Waals surface area contributed by atoms with Crippen molar-refractivity contribution in [1.82, 2.24) is 0 Å². The van der Waals surface area contributed by atoms with Gasteiger partial charge in [0.2, 0.25) is 0 Å². The molecule has 0 amide bonds. The van der Waals surface area contributed by atoms with Gasteiger partial charge in [0.05, 0.1) is 0 Å². The molecule has 2 aliphatic rings. The molecule has 0 aliphatic heterocycles. The summed E-state index contributed by atoms with van der Waals surface area (Å²) >= 11 is 0. The van der Waals surface area contributed by atoms with E-state index in [4.69, 9.17) is 0 Å². The second-order valence-corrected chi connectivity index (χ2v) is 5.12. The maximum absolute atomic E-state index is 2.44. The lowest BCUT2D eigenvalue weighted by molar-refractivity contribution is 0.111. The van der Waals surface area contributed by atoms with Crippen molar-refractivity contribution >= 4 is 0 Å². The monoisotopic (exact) mass is 152 g/mol. The largest absolute Gasteiger partial charge is 0.0625 e. The predicted octanol–water partition coefficient (Wildman–Crippen LogP) is 3.47. The topological polar surface area (TPSA) is 0 Å². The zero-order valence-corrected chi connectivity index (χ0v) is 7.84. The van der Waals surface area contributed by atoms with Crippen LogP contribution in [0.15, 0.2) is 0 Å². The van der Waals surface area contributed by atoms with E-state index in [-0.39, 0.29) is 0 Å². The van der Waals surface area contributed by atoms with Crippen LogP contribution in [0.1, 0.15) is 46.0 Å². The van der Waals surface area contributed by atoms with Gasteiger partial charge in [0.25, 0.3) is 0 Å². The molecule has 0 radical (unpaired) electrons. The number of hydrogen-bond donors (Lipinski definition) is 0. The van der Waals surface area contributed by atoms with E-state index >= 15 is 0 Å². The van der Waals surface area contributed by atoms with Crippen LogP contribution in [0.5, 0.6) is 0 Å². The normalized spacial score (nSPS) is 50.7. The Morgan fingerprint density at radius 1 is 0.636 bits per heavy atom. The minimum Gasteiger partial charge on any atom is -0.0625 e. The first-order valence-corrected chi connectivity index (χ1v) is 5.24. The number of hydrogen-bond acceptors (Lipinski definition) is 0. The van der Waals surface area contributed by atoms with Gasteiger partial charge in [-0.05, 0) is 55.8 Å². The van der Waals surface area contributed by atoms with Crippen molar-refractivity contribution in [2.45, 2.75) is 46.0 Å². The van der Waals surface area contributed by atoms with E-state index in [1.807, 2.05) is 0 Å². The summed E-state index contributed by atoms with van der Waals surface area (Å²) in [6.45, 7) is 4.88. The van der Waals surface area contributed by atoms with Crippen LogP contribution in [0, 0.1) is 23.7 Å². The highest BCUT2D eigenvalue weighted by atomic mass is 14.4. The first-order valence-electron chi connectivity index (χ1n) is 5.24. The maximum Gasteiger partial charge on any atom is -0.0407 e. The van der Waals surface area contributed by atoms with E-state index in [0.717, 1.165) is 23.7 Å². The highest BCUT2D eigenvalue weighted by Crippen LogP contribution is 2.44. The van der Waals surface area contributed by atoms with Crippen molar-refractivity contribution in [1.29, 1.82) is 0 Å². The molecular formula is C11H20. The Hall–Kier alpha value is 0. The summed E-state index contributed by atoms with van der Waals surface area (Å²) < 4.78 is 0. The van der Waals surface area contributed by atoms with Crippen molar-refractivity contribution in [2.75, 3.05) is 0 Å². The fraction of sp³-hybridized carbons (Fsp3) is 1.00. The van der Waals surface area contributed by atoms with Crippen LogP contribution in [0.3, 0.4) is 0 Å². The summed E-state index contributed by atoms with van der Waals surface area (Å²) in [5, 5.41) is 0. The average Bonchev–Trinajstić information content (AvgIpc) is 1.82. The SMILES string of the molecule is CC1CC2CC(C)CC(C1)C2. The summed E-state index contributed by atoms with van der Waals surface area (Å²) in [6.07, 6.45) is 7.68. The Bertz CT molecular complexity index is 105. The molecule has 0 spiro atoms. The van der Waals surface area contributed by atoms with Crippen LogP contribution < -0.4 is 0 Å². The molecule has 2 fully saturated rings. The molecular weight excluding hydrogens is 132 g/mol. The Balaban J connectivity index is 2.00. The summed E-state index contributed by atoms with van der Waals surface area (Å²) in [5.74, 6) is 4.28. The van der Waals surface area contributed by atoms with E-state index in [0.29, 0.717) is 0 Å². The molecule has 0 saturated heterocycles. The third-order valence-electron chi connectivity index (χ3n) is 3.61. The van der Waals surface area contributed by atoms with E-state index in [1.165, 1.54) is 25.7 Å². The summed E-state index contributed by atoms with van der Waals surface area (Å²) in [6, 6.07) is 0. The zero-order valence-electron chi connectivity index (χ0n) is 7.84. The van der Waals surface area contributed by atoms with Crippen molar-refractivity contribution < 1.29 is 0 Å². The molecule has 11 heavy (non-hydrogen) atoms. The van der Waals surface area contributed by atoms with Crippen molar-refractivity contribution in [3.63, 3.8) is 0 Å². The summed E-state index contributed by atoms with van der Waals surface area (Å²) in [7, 11) is 0. The van der Waals surface area contributed by atoms with Crippen LogP contribution in [0.2, 0.25) is 0 Å². The third kappa shape index (κ3) is 1.60. The molecule has 0 aromatic rings. The van der Waals surface area contributed by atoms with E-state index in [2.05, 4.69) is 13.8 Å². The fourth-order valence-electron chi connectivity index (χ4n) is 3.52. The van der Waals surface area contributed by atoms with Gasteiger partial charge in [-0.15, -0.1) is 0 Å². The molecule has 0 N–H and O–H groups in total. The minimum absolute atomic E-state index is 1.03. The Labute approximate surface area is 70.4 Å². The fourth-order valence-corrected chi connectivity index (χ4v) is 3.52. The lowest BCUT2D eigenvalue weighted by Crippen LogP contribution is -2.29. The Kier molecular flexibility index (Phi) is 1.95. The quantitative estimate of drug-likeness (QED) is 0.498. The first-order chi connectivity index (χ1) is 5.24. The van der Waals surface area contributed by atoms with Crippen LogP contribution in [0.25, 0.3) is 0 Å². The van der Waals surface area contributed by atoms with Crippen molar-refractivity contribution in [2.24, 2.45) is 23.7 Å². The maximum atomic E-state index is 2.44. The summed E-state index contributed by atoms with van der Waals surface area (Å²) in [5.41, 5.74) is 0. The van der Waals surface area contributed by atoms with Crippen molar-refractivity contribution in [3.05, 3.63) is 0 Å². The molecule has 0 nitrogen and oxygen atoms in total. The smallest absolute Gasteiger partial charge is 0.0407 e. The number of rotatable bonds is 0. The van der Waals surface area contributed by atoms with Gasteiger partial charge in [0.1, 0.15) is 0 Å². The van der Waals surface area contributed by atoms with Crippen LogP contribution in [-0.2, 0) is 0 Å². The first kappa shape index (κ1) is 7.64. The second-order valence-electron chi connectivity index (χ2n) is 5.12. The highest BCUT2D eigenvalue weighted by Gasteiger charge is 2.32. The van der Waals surface area contributed by atoms with Crippen LogP contribution >= 0.6 is 0 Å². The van der Waals surface area contributed by atoms with E-state index < -0.39 is 0 Å². The molecule has 0 aromatic carbocycles. The average molecular weight is 152 g/mol. The van der Waals surface area contributed by atoms with Gasteiger partial charge >= 0.3 is 0 Å². The molecule has 0 heterocycles. The van der Waals surface area contributed by atoms with Gasteiger partial charge < -0.3 is 0 Å². The van der Waals surface area contributed by atoms with E-state index in [1.54, 1.807) is 6.42 Å². The molecule has 2 aliphatic carbocycles. The molecule has 0 unspecified atom stereocenters. The molecule has 64 valence electrons. The molecule has 0 heteroatoms. The van der Waals surface area contributed by atoms with Gasteiger partial charge in [-0.25, -0.2) is 0 Å². The van der Waals surface area contributed by atoms with Gasteiger partial charge in [-0.2, -0.15) is 0 Å². The lowest BCUT2D eigenvalue weighted by atomic mass is 9.65. The number of fused-ring (bicyclic) bond motifs is 2. The van der Waals surface area contributed by atoms with Crippen LogP contribution in [-0.4, -0.2) is 0 Å². The highest BCUT2D eigenvalue weighted by molar-refractivity contribution is 4.83. The Morgan fingerprint density at radius 3 is 1.36 bits per heavy atom. The van der Waals surface area contributed by atoms with Gasteiger partial charge in [-0.3, -0.25) is 0 Å². The molecule has 0 atom stereocenters. The van der Waals surface area contributed by atoms with Crippen molar-refractivity contribution in [3.8, 4) is 0 Å². The van der Waals surface area contributed by atoms with Crippen LogP contribution in [0.4, 0.5) is 0 Å². The molecule has 2 bridgehead atoms. The Morgan fingerprint density at radius 2 is 1.00 bits per heavy atom. The van der Waals surface area contributed by atoms with Gasteiger partial charge in [-0.1, -0.05) is 13.8 Å². The third-order valence-corrected chi connectivity index (χ3v) is 3.61. The molecule has 2 saturated carbocycles. The van der Waals surface area contributed by atoms with Gasteiger partial charge in [0, 0.05) is 0 Å². The lowest BCUT2D eigenvalue weighted by Gasteiger charge is -2.40. The minimum atomic E-state index is 1.03. The van der Waals surface area contributed by atoms with E-state index in [9.17, 15) is 0 Å². The molecule has 2 rings (SSSR count). The zero-order chi connectivity index (χ0) is 7.84. The molecule has 0 aromatic heterocycles. The van der Waals surface area contributed by atoms with Gasteiger partial charge in [0.15, 0.2) is 0 Å². The second kappa shape index (κ2) is 2.80. The standard InChI is InChI=1S/C11H20/c1-8-3-10-5-9(2)6-11(4-8)7-10/h8-11H,3-7H2,1-2H3.